The molecule has 0 aromatic carbocycles. The number of aliphatic imine (C=N–C) groups is 1. The van der Waals surface area contributed by atoms with Gasteiger partial charge in [-0.25, -0.2) is 0 Å². The Hall–Kier alpha value is -1.97. The number of amides is 2. The Morgan fingerprint density at radius 1 is 1.19 bits per heavy atom. The van der Waals surface area contributed by atoms with Crippen LogP contribution in [0, 0.1) is 23.7 Å². The first-order chi connectivity index (χ1) is 12.7. The van der Waals surface area contributed by atoms with Crippen LogP contribution in [0.3, 0.4) is 0 Å². The average Bonchev–Trinajstić information content (AvgIpc) is 3.34. The number of nitrogens with one attached hydrogen (secondary N) is 2. The number of hydrogen-bond donors (Lipinski definition) is 2. The molecule has 2 amide bonds. The lowest BCUT2D eigenvalue weighted by Crippen LogP contribution is -2.43. The fraction of sp³-hybridized carbons (Fsp3) is 0.474. The van der Waals surface area contributed by atoms with Crippen LogP contribution in [0.1, 0.15) is 12.1 Å². The van der Waals surface area contributed by atoms with Crippen LogP contribution < -0.4 is 10.6 Å². The van der Waals surface area contributed by atoms with Crippen molar-refractivity contribution in [3.8, 4) is 0 Å². The van der Waals surface area contributed by atoms with Gasteiger partial charge in [0.05, 0.1) is 24.1 Å². The lowest BCUT2D eigenvalue weighted by atomic mass is 9.85. The molecule has 0 spiro atoms. The summed E-state index contributed by atoms with van der Waals surface area (Å²) in [5.41, 5.74) is 0.913. The van der Waals surface area contributed by atoms with Crippen molar-refractivity contribution < 1.29 is 9.59 Å². The van der Waals surface area contributed by atoms with Crippen LogP contribution in [-0.4, -0.2) is 47.8 Å². The molecule has 2 N–H and O–H groups in total. The average molecular weight is 481 g/mol. The summed E-state index contributed by atoms with van der Waals surface area (Å²) >= 11 is 0. The van der Waals surface area contributed by atoms with E-state index in [0.29, 0.717) is 25.6 Å². The number of imide groups is 1. The molecule has 144 valence electrons. The zero-order valence-electron chi connectivity index (χ0n) is 15.2. The molecular formula is C19H24IN5O2. The molecule has 4 unspecified atom stereocenters. The van der Waals surface area contributed by atoms with E-state index < -0.39 is 0 Å². The molecular weight excluding hydrogens is 457 g/mol. The molecule has 4 rings (SSSR count). The van der Waals surface area contributed by atoms with E-state index in [1.807, 2.05) is 18.2 Å². The van der Waals surface area contributed by atoms with E-state index in [-0.39, 0.29) is 59.5 Å². The zero-order valence-corrected chi connectivity index (χ0v) is 17.5. The van der Waals surface area contributed by atoms with Gasteiger partial charge in [-0.15, -0.1) is 24.0 Å². The van der Waals surface area contributed by atoms with Crippen LogP contribution in [0.4, 0.5) is 0 Å². The largest absolute Gasteiger partial charge is 0.355 e. The van der Waals surface area contributed by atoms with E-state index in [9.17, 15) is 9.59 Å². The normalized spacial score (nSPS) is 28.3. The number of pyridine rings is 1. The van der Waals surface area contributed by atoms with Crippen LogP contribution in [0.15, 0.2) is 41.5 Å². The first kappa shape index (κ1) is 19.8. The van der Waals surface area contributed by atoms with Crippen molar-refractivity contribution in [1.29, 1.82) is 0 Å². The molecule has 2 bridgehead atoms. The Morgan fingerprint density at radius 3 is 2.48 bits per heavy atom. The maximum absolute atomic E-state index is 12.6. The van der Waals surface area contributed by atoms with Crippen molar-refractivity contribution in [2.75, 3.05) is 20.1 Å². The zero-order chi connectivity index (χ0) is 18.1. The number of likely N-dealkylation sites (tertiary alicyclic amines) is 1. The van der Waals surface area contributed by atoms with Gasteiger partial charge in [0.2, 0.25) is 11.8 Å². The van der Waals surface area contributed by atoms with Crippen LogP contribution >= 0.6 is 24.0 Å². The minimum atomic E-state index is -0.126. The fourth-order valence-electron chi connectivity index (χ4n) is 4.37. The van der Waals surface area contributed by atoms with Crippen molar-refractivity contribution in [1.82, 2.24) is 20.5 Å². The van der Waals surface area contributed by atoms with Gasteiger partial charge in [0.1, 0.15) is 0 Å². The minimum absolute atomic E-state index is 0. The lowest BCUT2D eigenvalue weighted by Gasteiger charge is -2.18. The van der Waals surface area contributed by atoms with Crippen molar-refractivity contribution in [3.63, 3.8) is 0 Å². The molecule has 2 aliphatic carbocycles. The molecule has 1 aliphatic heterocycles. The van der Waals surface area contributed by atoms with Gasteiger partial charge in [0.15, 0.2) is 5.96 Å². The third-order valence-electron chi connectivity index (χ3n) is 5.58. The number of aromatic nitrogens is 1. The molecule has 4 atom stereocenters. The van der Waals surface area contributed by atoms with Gasteiger partial charge >= 0.3 is 0 Å². The number of carbonyl (C=O) groups excluding carboxylic acids is 2. The number of hydrogen-bond acceptors (Lipinski definition) is 4. The van der Waals surface area contributed by atoms with Crippen molar-refractivity contribution >= 4 is 41.8 Å². The maximum atomic E-state index is 12.6. The quantitative estimate of drug-likeness (QED) is 0.217. The highest BCUT2D eigenvalue weighted by Crippen LogP contribution is 2.52. The van der Waals surface area contributed by atoms with Crippen LogP contribution in [-0.2, 0) is 16.1 Å². The van der Waals surface area contributed by atoms with Crippen molar-refractivity contribution in [3.05, 3.63) is 42.2 Å². The summed E-state index contributed by atoms with van der Waals surface area (Å²) in [6, 6.07) is 5.74. The Kier molecular flexibility index (Phi) is 6.13. The highest BCUT2D eigenvalue weighted by Gasteiger charge is 2.58. The second kappa shape index (κ2) is 8.37. The molecule has 1 saturated carbocycles. The van der Waals surface area contributed by atoms with E-state index in [0.717, 1.165) is 12.1 Å². The van der Waals surface area contributed by atoms with Gasteiger partial charge in [-0.3, -0.25) is 24.5 Å². The third kappa shape index (κ3) is 3.71. The van der Waals surface area contributed by atoms with Crippen LogP contribution in [0.2, 0.25) is 0 Å². The summed E-state index contributed by atoms with van der Waals surface area (Å²) in [7, 11) is 1.69. The minimum Gasteiger partial charge on any atom is -0.355 e. The first-order valence-electron chi connectivity index (χ1n) is 9.07. The third-order valence-corrected chi connectivity index (χ3v) is 5.58. The first-order valence-corrected chi connectivity index (χ1v) is 9.07. The summed E-state index contributed by atoms with van der Waals surface area (Å²) in [5.74, 6) is 0.874. The molecule has 8 heteroatoms. The molecule has 0 radical (unpaired) electrons. The number of carbonyl (C=O) groups is 2. The van der Waals surface area contributed by atoms with Gasteiger partial charge in [-0.1, -0.05) is 18.2 Å². The number of nitrogens with zero attached hydrogens (tertiary/aromatic N) is 3. The van der Waals surface area contributed by atoms with Crippen molar-refractivity contribution in [2.24, 2.45) is 28.7 Å². The molecule has 27 heavy (non-hydrogen) atoms. The molecule has 1 aromatic rings. The maximum Gasteiger partial charge on any atom is 0.233 e. The van der Waals surface area contributed by atoms with Gasteiger partial charge in [0.25, 0.3) is 0 Å². The number of allylic oxidation sites excluding steroid dienone is 2. The Bertz CT molecular complexity index is 737. The Morgan fingerprint density at radius 2 is 1.89 bits per heavy atom. The number of halogens is 1. The van der Waals surface area contributed by atoms with Gasteiger partial charge in [-0.05, 0) is 30.4 Å². The van der Waals surface area contributed by atoms with E-state index in [2.05, 4.69) is 32.8 Å². The summed E-state index contributed by atoms with van der Waals surface area (Å²) < 4.78 is 0. The van der Waals surface area contributed by atoms with Gasteiger partial charge < -0.3 is 10.6 Å². The predicted octanol–water partition coefficient (Wildman–Crippen LogP) is 1.17. The number of rotatable bonds is 5. The van der Waals surface area contributed by atoms with E-state index in [4.69, 9.17) is 0 Å². The highest BCUT2D eigenvalue weighted by molar-refractivity contribution is 14.0. The lowest BCUT2D eigenvalue weighted by molar-refractivity contribution is -0.140. The number of guanidine groups is 1. The van der Waals surface area contributed by atoms with Gasteiger partial charge in [-0.2, -0.15) is 0 Å². The van der Waals surface area contributed by atoms with E-state index >= 15 is 0 Å². The van der Waals surface area contributed by atoms with E-state index in [1.165, 1.54) is 4.90 Å². The smallest absolute Gasteiger partial charge is 0.233 e. The monoisotopic (exact) mass is 481 g/mol. The van der Waals surface area contributed by atoms with Crippen molar-refractivity contribution in [2.45, 2.75) is 13.0 Å². The molecule has 2 fully saturated rings. The van der Waals surface area contributed by atoms with Crippen LogP contribution in [0.25, 0.3) is 0 Å². The SMILES string of the molecule is CN=C(NCCN1C(=O)C2C3C=CC(C3)C2C1=O)NCc1ccccn1.I. The molecule has 1 saturated heterocycles. The number of fused-ring (bicyclic) bond motifs is 5. The molecule has 7 nitrogen and oxygen atoms in total. The molecule has 2 heterocycles. The topological polar surface area (TPSA) is 86.7 Å². The second-order valence-electron chi connectivity index (χ2n) is 7.00. The summed E-state index contributed by atoms with van der Waals surface area (Å²) in [6.07, 6.45) is 6.93. The Balaban J connectivity index is 0.00000210. The summed E-state index contributed by atoms with van der Waals surface area (Å²) in [4.78, 5) is 35.1. The van der Waals surface area contributed by atoms with Gasteiger partial charge in [0, 0.05) is 26.3 Å². The summed E-state index contributed by atoms with van der Waals surface area (Å²) in [5, 5.41) is 6.34. The highest BCUT2D eigenvalue weighted by atomic mass is 127. The van der Waals surface area contributed by atoms with E-state index in [1.54, 1.807) is 13.2 Å². The summed E-state index contributed by atoms with van der Waals surface area (Å²) in [6.45, 7) is 1.40. The standard InChI is InChI=1S/C19H23N5O2.HI/c1-20-19(23-11-14-4-2-3-7-21-14)22-8-9-24-17(25)15-12-5-6-13(10-12)16(15)18(24)26;/h2-7,12-13,15-16H,8-11H2,1H3,(H2,20,22,23);1H. The Labute approximate surface area is 175 Å². The molecule has 3 aliphatic rings. The fourth-order valence-corrected chi connectivity index (χ4v) is 4.37. The predicted molar refractivity (Wildman–Crippen MR) is 112 cm³/mol. The second-order valence-corrected chi connectivity index (χ2v) is 7.00. The molecule has 1 aromatic heterocycles. The van der Waals surface area contributed by atoms with Crippen LogP contribution in [0.5, 0.6) is 0 Å².